The zero-order valence-corrected chi connectivity index (χ0v) is 29.8. The maximum Gasteiger partial charge on any atom is 0.410 e. The Kier molecular flexibility index (Phi) is 10.1. The van der Waals surface area contributed by atoms with Crippen molar-refractivity contribution in [2.24, 2.45) is 0 Å². The van der Waals surface area contributed by atoms with Crippen LogP contribution in [0.5, 0.6) is 0 Å². The summed E-state index contributed by atoms with van der Waals surface area (Å²) in [6.07, 6.45) is 3.69. The highest BCUT2D eigenvalue weighted by Crippen LogP contribution is 2.33. The van der Waals surface area contributed by atoms with Crippen LogP contribution in [0.4, 0.5) is 9.59 Å². The molecule has 3 heterocycles. The van der Waals surface area contributed by atoms with E-state index < -0.39 is 11.2 Å². The minimum absolute atomic E-state index is 0.144. The molecule has 254 valence electrons. The molecule has 1 unspecified atom stereocenters. The van der Waals surface area contributed by atoms with E-state index in [0.29, 0.717) is 35.0 Å². The predicted octanol–water partition coefficient (Wildman–Crippen LogP) is 8.79. The summed E-state index contributed by atoms with van der Waals surface area (Å²) in [5.41, 5.74) is 3.53. The quantitative estimate of drug-likeness (QED) is 0.198. The van der Waals surface area contributed by atoms with E-state index in [1.54, 1.807) is 9.80 Å². The number of hydrogen-bond donors (Lipinski definition) is 2. The molecule has 48 heavy (non-hydrogen) atoms. The number of rotatable bonds is 6. The summed E-state index contributed by atoms with van der Waals surface area (Å²) in [6.45, 7) is 16.3. The van der Waals surface area contributed by atoms with Crippen LogP contribution in [0.3, 0.4) is 0 Å². The Morgan fingerprint density at radius 1 is 1.06 bits per heavy atom. The lowest BCUT2D eigenvalue weighted by Crippen LogP contribution is -2.39. The van der Waals surface area contributed by atoms with Crippen molar-refractivity contribution >= 4 is 34.8 Å². The second-order valence-electron chi connectivity index (χ2n) is 14.2. The van der Waals surface area contributed by atoms with Gasteiger partial charge in [0.2, 0.25) is 0 Å². The van der Waals surface area contributed by atoms with Gasteiger partial charge in [0, 0.05) is 36.0 Å². The molecule has 2 aromatic heterocycles. The van der Waals surface area contributed by atoms with Crippen molar-refractivity contribution in [3.05, 3.63) is 70.4 Å². The van der Waals surface area contributed by atoms with Gasteiger partial charge in [-0.3, -0.25) is 9.80 Å². The van der Waals surface area contributed by atoms with Crippen molar-refractivity contribution < 1.29 is 19.1 Å². The van der Waals surface area contributed by atoms with Crippen LogP contribution in [-0.4, -0.2) is 66.2 Å². The molecule has 5 rings (SSSR count). The minimum atomic E-state index is -0.595. The lowest BCUT2D eigenvalue weighted by molar-refractivity contribution is 0.0165. The maximum atomic E-state index is 12.9. The second-order valence-corrected chi connectivity index (χ2v) is 14.6. The Morgan fingerprint density at radius 2 is 1.77 bits per heavy atom. The summed E-state index contributed by atoms with van der Waals surface area (Å²) < 4.78 is 11.3. The number of aromatic amines is 2. The first-order chi connectivity index (χ1) is 22.6. The van der Waals surface area contributed by atoms with Crippen molar-refractivity contribution in [1.29, 1.82) is 0 Å². The van der Waals surface area contributed by atoms with Crippen molar-refractivity contribution in [3.8, 4) is 23.1 Å². The zero-order chi connectivity index (χ0) is 34.8. The lowest BCUT2D eigenvalue weighted by Gasteiger charge is -2.30. The van der Waals surface area contributed by atoms with E-state index in [4.69, 9.17) is 31.0 Å². The first-order valence-electron chi connectivity index (χ1n) is 16.5. The standard InChI is InChI=1S/C37H45ClN6O4/c1-9-18-43(34(45)47-36(3,4)5)23(2)32-40-28-20-26(27(38)21-29(28)41-32)17-14-24-12-15-25(16-13-24)30-22-39-33(42-30)31-11-10-19-44(31)35(46)48-37(6,7)8/h12-13,15-16,20-23,31H,9-11,18-19H2,1-8H3,(H,39,42)(H,40,41)/t23?,31-/m0/s1. The van der Waals surface area contributed by atoms with Gasteiger partial charge in [-0.05, 0) is 92.0 Å². The predicted molar refractivity (Wildman–Crippen MR) is 188 cm³/mol. The molecule has 4 aromatic rings. The number of ether oxygens (including phenoxy) is 2. The van der Waals surface area contributed by atoms with Crippen molar-refractivity contribution in [3.63, 3.8) is 0 Å². The highest BCUT2D eigenvalue weighted by Gasteiger charge is 2.35. The molecule has 0 aliphatic carbocycles. The third-order valence-corrected chi connectivity index (χ3v) is 8.17. The molecule has 2 amide bonds. The van der Waals surface area contributed by atoms with Crippen molar-refractivity contribution in [1.82, 2.24) is 29.7 Å². The van der Waals surface area contributed by atoms with Crippen LogP contribution >= 0.6 is 11.6 Å². The van der Waals surface area contributed by atoms with Gasteiger partial charge in [0.15, 0.2) is 0 Å². The van der Waals surface area contributed by atoms with E-state index >= 15 is 0 Å². The average molecular weight is 673 g/mol. The van der Waals surface area contributed by atoms with Gasteiger partial charge in [-0.25, -0.2) is 19.6 Å². The van der Waals surface area contributed by atoms with Crippen LogP contribution < -0.4 is 0 Å². The molecule has 0 spiro atoms. The number of imidazole rings is 2. The SMILES string of the molecule is CCCN(C(=O)OC(C)(C)C)C(C)c1nc2cc(C#Cc3ccc(-c4c[nH]c([C@@H]5CCCN5C(=O)OC(C)(C)C)n4)cc3)c(Cl)cc2[nH]1. The van der Waals surface area contributed by atoms with Crippen molar-refractivity contribution in [2.45, 2.75) is 97.9 Å². The Balaban J connectivity index is 1.29. The Labute approximate surface area is 287 Å². The number of hydrogen-bond acceptors (Lipinski definition) is 6. The number of H-pyrrole nitrogens is 2. The normalized spacial score (nSPS) is 15.6. The van der Waals surface area contributed by atoms with Gasteiger partial charge in [0.25, 0.3) is 0 Å². The zero-order valence-electron chi connectivity index (χ0n) is 29.0. The smallest absolute Gasteiger partial charge is 0.410 e. The van der Waals surface area contributed by atoms with Crippen LogP contribution in [0.15, 0.2) is 42.6 Å². The average Bonchev–Trinajstić information content (AvgIpc) is 3.76. The van der Waals surface area contributed by atoms with Crippen LogP contribution in [0.1, 0.15) is 110 Å². The molecule has 1 saturated heterocycles. The number of carbonyl (C=O) groups is 2. The summed E-state index contributed by atoms with van der Waals surface area (Å²) in [5.74, 6) is 7.79. The number of aromatic nitrogens is 4. The molecule has 10 nitrogen and oxygen atoms in total. The number of nitrogens with one attached hydrogen (secondary N) is 2. The molecule has 1 fully saturated rings. The van der Waals surface area contributed by atoms with E-state index in [1.807, 2.05) is 98.0 Å². The number of halogens is 1. The molecule has 0 saturated carbocycles. The molecule has 2 atom stereocenters. The first kappa shape index (κ1) is 34.8. The van der Waals surface area contributed by atoms with E-state index in [1.165, 1.54) is 0 Å². The number of amides is 2. The van der Waals surface area contributed by atoms with Crippen LogP contribution in [0, 0.1) is 11.8 Å². The highest BCUT2D eigenvalue weighted by molar-refractivity contribution is 6.32. The molecule has 1 aliphatic rings. The number of carbonyl (C=O) groups excluding carboxylic acids is 2. The van der Waals surface area contributed by atoms with Gasteiger partial charge < -0.3 is 19.4 Å². The maximum absolute atomic E-state index is 12.9. The van der Waals surface area contributed by atoms with Gasteiger partial charge in [-0.2, -0.15) is 0 Å². The topological polar surface area (TPSA) is 116 Å². The fourth-order valence-corrected chi connectivity index (χ4v) is 5.82. The Bertz CT molecular complexity index is 1840. The van der Waals surface area contributed by atoms with Gasteiger partial charge in [0.05, 0.1) is 33.8 Å². The molecule has 0 radical (unpaired) electrons. The fourth-order valence-electron chi connectivity index (χ4n) is 5.61. The Hall–Kier alpha value is -4.49. The summed E-state index contributed by atoms with van der Waals surface area (Å²) in [6, 6.07) is 11.0. The lowest BCUT2D eigenvalue weighted by atomic mass is 10.1. The van der Waals surface area contributed by atoms with Crippen LogP contribution in [-0.2, 0) is 9.47 Å². The molecule has 11 heteroatoms. The van der Waals surface area contributed by atoms with Crippen molar-refractivity contribution in [2.75, 3.05) is 13.1 Å². The highest BCUT2D eigenvalue weighted by atomic mass is 35.5. The summed E-state index contributed by atoms with van der Waals surface area (Å²) >= 11 is 6.64. The van der Waals surface area contributed by atoms with Crippen LogP contribution in [0.2, 0.25) is 5.02 Å². The van der Waals surface area contributed by atoms with Gasteiger partial charge in [0.1, 0.15) is 22.9 Å². The van der Waals surface area contributed by atoms with E-state index in [-0.39, 0.29) is 24.3 Å². The molecule has 0 bridgehead atoms. The van der Waals surface area contributed by atoms with E-state index in [2.05, 4.69) is 21.8 Å². The van der Waals surface area contributed by atoms with E-state index in [0.717, 1.165) is 47.4 Å². The first-order valence-corrected chi connectivity index (χ1v) is 16.9. The molecule has 1 aliphatic heterocycles. The molecule has 2 aromatic carbocycles. The van der Waals surface area contributed by atoms with Gasteiger partial charge in [-0.1, -0.05) is 42.5 Å². The number of likely N-dealkylation sites (tertiary alicyclic amines) is 1. The van der Waals surface area contributed by atoms with Gasteiger partial charge in [-0.15, -0.1) is 0 Å². The second kappa shape index (κ2) is 13.9. The molecule has 2 N–H and O–H groups in total. The van der Waals surface area contributed by atoms with E-state index in [9.17, 15) is 9.59 Å². The summed E-state index contributed by atoms with van der Waals surface area (Å²) in [4.78, 5) is 45.3. The summed E-state index contributed by atoms with van der Waals surface area (Å²) in [5, 5.41) is 0.503. The van der Waals surface area contributed by atoms with Gasteiger partial charge >= 0.3 is 12.2 Å². The fraction of sp³-hybridized carbons (Fsp3) is 0.459. The third kappa shape index (κ3) is 8.32. The summed E-state index contributed by atoms with van der Waals surface area (Å²) in [7, 11) is 0. The number of nitrogens with zero attached hydrogens (tertiary/aromatic N) is 4. The minimum Gasteiger partial charge on any atom is -0.444 e. The Morgan fingerprint density at radius 3 is 2.44 bits per heavy atom. The number of benzene rings is 2. The molecular formula is C37H45ClN6O4. The largest absolute Gasteiger partial charge is 0.444 e. The molecular weight excluding hydrogens is 628 g/mol. The monoisotopic (exact) mass is 672 g/mol. The number of fused-ring (bicyclic) bond motifs is 1. The third-order valence-electron chi connectivity index (χ3n) is 7.86. The van der Waals surface area contributed by atoms with Crippen LogP contribution in [0.25, 0.3) is 22.3 Å².